The maximum absolute atomic E-state index is 13.6. The van der Waals surface area contributed by atoms with E-state index in [0.717, 1.165) is 36.0 Å². The van der Waals surface area contributed by atoms with Crippen LogP contribution in [0, 0.1) is 12.8 Å². The van der Waals surface area contributed by atoms with Crippen LogP contribution in [0.25, 0.3) is 0 Å². The Balaban J connectivity index is 1.39. The van der Waals surface area contributed by atoms with Gasteiger partial charge in [-0.3, -0.25) is 4.79 Å². The minimum absolute atomic E-state index is 0.154. The van der Waals surface area contributed by atoms with Crippen molar-refractivity contribution in [1.82, 2.24) is 14.9 Å². The number of hydrazine groups is 1. The van der Waals surface area contributed by atoms with Crippen LogP contribution in [-0.2, 0) is 22.6 Å². The Hall–Kier alpha value is -3.46. The maximum Gasteiger partial charge on any atom is 0.429 e. The van der Waals surface area contributed by atoms with Gasteiger partial charge in [0.15, 0.2) is 0 Å². The predicted octanol–water partition coefficient (Wildman–Crippen LogP) is 7.37. The molecule has 9 nitrogen and oxygen atoms in total. The fraction of sp³-hybridized carbons (Fsp3) is 0.545. The molecule has 2 aliphatic heterocycles. The second kappa shape index (κ2) is 13.0. The number of likely N-dealkylation sites (tertiary alicyclic amines) is 1. The highest BCUT2D eigenvalue weighted by atomic mass is 35.5. The first-order valence-corrected chi connectivity index (χ1v) is 15.3. The first-order valence-electron chi connectivity index (χ1n) is 14.9. The fourth-order valence-electron chi connectivity index (χ4n) is 5.30. The zero-order chi connectivity index (χ0) is 31.5. The first-order chi connectivity index (χ1) is 20.1. The van der Waals surface area contributed by atoms with Gasteiger partial charge >= 0.3 is 12.2 Å². The van der Waals surface area contributed by atoms with Crippen LogP contribution in [-0.4, -0.2) is 63.9 Å². The Morgan fingerprint density at radius 3 is 2.21 bits per heavy atom. The first kappa shape index (κ1) is 32.5. The summed E-state index contributed by atoms with van der Waals surface area (Å²) in [6, 6.07) is 10.9. The molecule has 1 fully saturated rings. The van der Waals surface area contributed by atoms with Crippen LogP contribution < -0.4 is 4.74 Å². The number of fused-ring (bicyclic) bond motifs is 1. The van der Waals surface area contributed by atoms with Crippen LogP contribution >= 0.6 is 11.6 Å². The summed E-state index contributed by atoms with van der Waals surface area (Å²) in [7, 11) is 0. The van der Waals surface area contributed by atoms with Crippen molar-refractivity contribution in [3.05, 3.63) is 63.7 Å². The van der Waals surface area contributed by atoms with Crippen molar-refractivity contribution in [2.45, 2.75) is 92.0 Å². The Kier molecular flexibility index (Phi) is 9.84. The van der Waals surface area contributed by atoms with Crippen molar-refractivity contribution < 1.29 is 28.6 Å². The van der Waals surface area contributed by atoms with Gasteiger partial charge in [0.1, 0.15) is 17.0 Å². The summed E-state index contributed by atoms with van der Waals surface area (Å²) in [5.74, 6) is 0.899. The molecule has 4 rings (SSSR count). The molecule has 234 valence electrons. The van der Waals surface area contributed by atoms with Gasteiger partial charge in [0, 0.05) is 23.7 Å². The van der Waals surface area contributed by atoms with E-state index >= 15 is 0 Å². The molecule has 2 heterocycles. The Bertz CT molecular complexity index is 1320. The van der Waals surface area contributed by atoms with Gasteiger partial charge in [-0.1, -0.05) is 23.7 Å². The molecule has 0 spiro atoms. The summed E-state index contributed by atoms with van der Waals surface area (Å²) in [6.45, 7) is 15.2. The number of amides is 3. The fourth-order valence-corrected chi connectivity index (χ4v) is 5.42. The third-order valence-electron chi connectivity index (χ3n) is 7.36. The molecule has 0 radical (unpaired) electrons. The largest absolute Gasteiger partial charge is 0.494 e. The quantitative estimate of drug-likeness (QED) is 0.324. The summed E-state index contributed by atoms with van der Waals surface area (Å²) in [4.78, 5) is 41.1. The van der Waals surface area contributed by atoms with Crippen LogP contribution in [0.4, 0.5) is 9.59 Å². The van der Waals surface area contributed by atoms with Gasteiger partial charge in [-0.05, 0) is 115 Å². The van der Waals surface area contributed by atoms with E-state index in [1.165, 1.54) is 10.0 Å². The van der Waals surface area contributed by atoms with Crippen molar-refractivity contribution in [2.24, 2.45) is 5.92 Å². The highest BCUT2D eigenvalue weighted by Gasteiger charge is 2.38. The number of carbonyl (C=O) groups is 3. The highest BCUT2D eigenvalue weighted by Crippen LogP contribution is 2.33. The number of hydrogen-bond acceptors (Lipinski definition) is 6. The van der Waals surface area contributed by atoms with Crippen molar-refractivity contribution in [1.29, 1.82) is 0 Å². The molecule has 43 heavy (non-hydrogen) atoms. The average molecular weight is 614 g/mol. The lowest BCUT2D eigenvalue weighted by molar-refractivity contribution is -0.0428. The van der Waals surface area contributed by atoms with Crippen LogP contribution in [0.1, 0.15) is 87.9 Å². The summed E-state index contributed by atoms with van der Waals surface area (Å²) >= 11 is 6.06. The van der Waals surface area contributed by atoms with E-state index < -0.39 is 17.3 Å². The minimum atomic E-state index is -0.728. The van der Waals surface area contributed by atoms with E-state index in [9.17, 15) is 14.4 Å². The standard InChI is InChI=1S/C33H44ClN3O6/c1-22-18-27(41-17-14-23-12-15-35(16-13-23)30(39)42-32(2,3)4)19-25-21-36(29(38)28(22)25)37(31(40)43-33(5,6)7)20-24-8-10-26(34)11-9-24/h8-11,18-19,23H,12-17,20-21H2,1-7H3. The van der Waals surface area contributed by atoms with Gasteiger partial charge in [0.2, 0.25) is 0 Å². The number of rotatable bonds is 7. The molecule has 10 heteroatoms. The number of halogens is 1. The zero-order valence-electron chi connectivity index (χ0n) is 26.4. The topological polar surface area (TPSA) is 88.6 Å². The van der Waals surface area contributed by atoms with E-state index in [2.05, 4.69) is 0 Å². The zero-order valence-corrected chi connectivity index (χ0v) is 27.1. The molecule has 3 amide bonds. The summed E-state index contributed by atoms with van der Waals surface area (Å²) in [6.07, 6.45) is 1.83. The molecule has 2 aromatic rings. The molecule has 0 unspecified atom stereocenters. The van der Waals surface area contributed by atoms with Crippen LogP contribution in [0.5, 0.6) is 5.75 Å². The normalized spacial score (nSPS) is 15.8. The molecule has 0 atom stereocenters. The molecular weight excluding hydrogens is 570 g/mol. The Morgan fingerprint density at radius 1 is 0.977 bits per heavy atom. The summed E-state index contributed by atoms with van der Waals surface area (Å²) < 4.78 is 17.3. The lowest BCUT2D eigenvalue weighted by Crippen LogP contribution is -2.48. The molecule has 2 aliphatic rings. The van der Waals surface area contributed by atoms with Crippen molar-refractivity contribution in [3.63, 3.8) is 0 Å². The van der Waals surface area contributed by atoms with Gasteiger partial charge < -0.3 is 19.1 Å². The van der Waals surface area contributed by atoms with Gasteiger partial charge in [-0.15, -0.1) is 0 Å². The molecular formula is C33H44ClN3O6. The smallest absolute Gasteiger partial charge is 0.429 e. The number of aryl methyl sites for hydroxylation is 1. The maximum atomic E-state index is 13.6. The lowest BCUT2D eigenvalue weighted by atomic mass is 9.94. The second-order valence-electron chi connectivity index (χ2n) is 13.3. The van der Waals surface area contributed by atoms with Crippen molar-refractivity contribution in [2.75, 3.05) is 19.7 Å². The molecule has 0 aromatic heterocycles. The summed E-state index contributed by atoms with van der Waals surface area (Å²) in [5, 5.41) is 3.40. The van der Waals surface area contributed by atoms with Crippen molar-refractivity contribution in [3.8, 4) is 5.75 Å². The molecule has 2 aromatic carbocycles. The molecule has 0 N–H and O–H groups in total. The number of carbonyl (C=O) groups excluding carboxylic acids is 3. The van der Waals surface area contributed by atoms with Crippen LogP contribution in [0.15, 0.2) is 36.4 Å². The molecule has 0 aliphatic carbocycles. The predicted molar refractivity (Wildman–Crippen MR) is 165 cm³/mol. The molecule has 0 bridgehead atoms. The molecule has 1 saturated heterocycles. The third-order valence-corrected chi connectivity index (χ3v) is 7.61. The van der Waals surface area contributed by atoms with E-state index in [0.29, 0.717) is 41.9 Å². The second-order valence-corrected chi connectivity index (χ2v) is 13.8. The average Bonchev–Trinajstić information content (AvgIpc) is 3.22. The van der Waals surface area contributed by atoms with E-state index in [4.69, 9.17) is 25.8 Å². The number of piperidine rings is 1. The van der Waals surface area contributed by atoms with Gasteiger partial charge in [0.05, 0.1) is 19.7 Å². The number of hydrogen-bond donors (Lipinski definition) is 0. The number of ether oxygens (including phenoxy) is 3. The number of benzene rings is 2. The SMILES string of the molecule is Cc1cc(OCCC2CCN(C(=O)OC(C)(C)C)CC2)cc2c1C(=O)N(N(Cc1ccc(Cl)cc1)C(=O)OC(C)(C)C)C2. The van der Waals surface area contributed by atoms with Crippen molar-refractivity contribution >= 4 is 29.7 Å². The van der Waals surface area contributed by atoms with E-state index in [1.807, 2.05) is 52.0 Å². The third kappa shape index (κ3) is 8.78. The van der Waals surface area contributed by atoms with E-state index in [1.54, 1.807) is 37.8 Å². The van der Waals surface area contributed by atoms with Crippen LogP contribution in [0.2, 0.25) is 5.02 Å². The van der Waals surface area contributed by atoms with Crippen LogP contribution in [0.3, 0.4) is 0 Å². The molecule has 0 saturated carbocycles. The minimum Gasteiger partial charge on any atom is -0.494 e. The highest BCUT2D eigenvalue weighted by molar-refractivity contribution is 6.30. The van der Waals surface area contributed by atoms with Gasteiger partial charge in [-0.25, -0.2) is 19.6 Å². The Morgan fingerprint density at radius 2 is 1.60 bits per heavy atom. The number of nitrogens with zero attached hydrogens (tertiary/aromatic N) is 3. The van der Waals surface area contributed by atoms with Gasteiger partial charge in [-0.2, -0.15) is 0 Å². The monoisotopic (exact) mass is 613 g/mol. The van der Waals surface area contributed by atoms with E-state index in [-0.39, 0.29) is 25.1 Å². The summed E-state index contributed by atoms with van der Waals surface area (Å²) in [5.41, 5.74) is 1.76. The lowest BCUT2D eigenvalue weighted by Gasteiger charge is -2.33. The Labute approximate surface area is 260 Å². The van der Waals surface area contributed by atoms with Gasteiger partial charge in [0.25, 0.3) is 5.91 Å².